The van der Waals surface area contributed by atoms with Gasteiger partial charge >= 0.3 is 6.41 Å². The number of rotatable bonds is 3. The average molecular weight is 237 g/mol. The highest BCUT2D eigenvalue weighted by Crippen LogP contribution is 2.32. The molecule has 0 bridgehead atoms. The molecule has 0 fully saturated rings. The number of nitrogens with one attached hydrogen (secondary N) is 1. The van der Waals surface area contributed by atoms with Crippen molar-refractivity contribution < 1.29 is 4.79 Å². The number of amides is 1. The molecule has 1 amide bonds. The van der Waals surface area contributed by atoms with Crippen LogP contribution in [0.1, 0.15) is 5.56 Å². The van der Waals surface area contributed by atoms with Gasteiger partial charge in [-0.3, -0.25) is 4.79 Å². The van der Waals surface area contributed by atoms with Crippen LogP contribution in [0.4, 0.5) is 0 Å². The van der Waals surface area contributed by atoms with E-state index in [-0.39, 0.29) is 0 Å². The summed E-state index contributed by atoms with van der Waals surface area (Å²) in [7, 11) is 0. The lowest BCUT2D eigenvalue weighted by atomic mass is 10.2. The van der Waals surface area contributed by atoms with Crippen molar-refractivity contribution in [2.75, 3.05) is 0 Å². The van der Waals surface area contributed by atoms with Crippen molar-refractivity contribution in [3.05, 3.63) is 32.8 Å². The Bertz CT molecular complexity index is 327. The summed E-state index contributed by atoms with van der Waals surface area (Å²) in [5, 5.41) is 3.41. The van der Waals surface area contributed by atoms with Crippen LogP contribution < -0.4 is 5.32 Å². The van der Waals surface area contributed by atoms with Gasteiger partial charge in [0.1, 0.15) is 0 Å². The van der Waals surface area contributed by atoms with Crippen molar-refractivity contribution in [1.82, 2.24) is 5.32 Å². The van der Waals surface area contributed by atoms with E-state index >= 15 is 0 Å². The maximum atomic E-state index is 9.90. The molecule has 0 saturated heterocycles. The van der Waals surface area contributed by atoms with Gasteiger partial charge in [0.2, 0.25) is 0 Å². The Hall–Kier alpha value is -0.440. The van der Waals surface area contributed by atoms with E-state index in [0.29, 0.717) is 27.2 Å². The SMILES string of the molecule is O=[C]NCc1ccc(Cl)c(Cl)c1Cl. The maximum absolute atomic E-state index is 9.90. The first kappa shape index (κ1) is 10.6. The summed E-state index contributed by atoms with van der Waals surface area (Å²) in [5.74, 6) is 0. The van der Waals surface area contributed by atoms with Gasteiger partial charge in [-0.25, -0.2) is 0 Å². The largest absolute Gasteiger partial charge is 0.344 e. The predicted octanol–water partition coefficient (Wildman–Crippen LogP) is 2.80. The van der Waals surface area contributed by atoms with Crippen LogP contribution in [0.3, 0.4) is 0 Å². The monoisotopic (exact) mass is 236 g/mol. The van der Waals surface area contributed by atoms with Gasteiger partial charge in [-0.1, -0.05) is 40.9 Å². The van der Waals surface area contributed by atoms with Crippen molar-refractivity contribution in [3.8, 4) is 0 Å². The molecule has 1 rings (SSSR count). The second-order valence-corrected chi connectivity index (χ2v) is 3.45. The summed E-state index contributed by atoms with van der Waals surface area (Å²) < 4.78 is 0. The lowest BCUT2D eigenvalue weighted by Crippen LogP contribution is -2.09. The normalized spacial score (nSPS) is 9.77. The highest BCUT2D eigenvalue weighted by atomic mass is 35.5. The summed E-state index contributed by atoms with van der Waals surface area (Å²) in [6.07, 6.45) is 1.54. The Labute approximate surface area is 90.8 Å². The Morgan fingerprint density at radius 2 is 1.92 bits per heavy atom. The molecule has 0 saturated carbocycles. The molecule has 69 valence electrons. The molecule has 0 atom stereocenters. The molecule has 13 heavy (non-hydrogen) atoms. The van der Waals surface area contributed by atoms with E-state index in [9.17, 15) is 4.79 Å². The standard InChI is InChI=1S/C8H5Cl3NO/c9-6-2-1-5(3-12-4-13)7(10)8(6)11/h1-2H,3H2,(H,12,13). The second kappa shape index (κ2) is 4.70. The molecule has 2 nitrogen and oxygen atoms in total. The smallest absolute Gasteiger partial charge is 0.309 e. The van der Waals surface area contributed by atoms with E-state index in [1.807, 2.05) is 0 Å². The minimum Gasteiger partial charge on any atom is -0.344 e. The summed E-state index contributed by atoms with van der Waals surface area (Å²) in [5.41, 5.74) is 0.708. The molecule has 0 aromatic heterocycles. The lowest BCUT2D eigenvalue weighted by Gasteiger charge is -2.05. The number of carbonyl (C=O) groups excluding carboxylic acids is 1. The third-order valence-electron chi connectivity index (χ3n) is 1.47. The van der Waals surface area contributed by atoms with Crippen LogP contribution in [0.5, 0.6) is 0 Å². The van der Waals surface area contributed by atoms with Gasteiger partial charge in [0, 0.05) is 6.54 Å². The fourth-order valence-electron chi connectivity index (χ4n) is 0.834. The second-order valence-electron chi connectivity index (χ2n) is 2.29. The van der Waals surface area contributed by atoms with Crippen molar-refractivity contribution >= 4 is 41.2 Å². The molecule has 0 spiro atoms. The van der Waals surface area contributed by atoms with Crippen LogP contribution in [-0.4, -0.2) is 6.41 Å². The summed E-state index contributed by atoms with van der Waals surface area (Å²) in [6, 6.07) is 3.32. The van der Waals surface area contributed by atoms with Crippen LogP contribution in [0, 0.1) is 0 Å². The van der Waals surface area contributed by atoms with Gasteiger partial charge < -0.3 is 5.32 Å². The molecule has 1 aromatic carbocycles. The Balaban J connectivity index is 2.96. The molecule has 5 heteroatoms. The first-order valence-corrected chi connectivity index (χ1v) is 4.52. The summed E-state index contributed by atoms with van der Waals surface area (Å²) in [4.78, 5) is 9.90. The third-order valence-corrected chi connectivity index (χ3v) is 2.80. The van der Waals surface area contributed by atoms with Gasteiger partial charge in [0.25, 0.3) is 0 Å². The minimum absolute atomic E-state index is 0.291. The van der Waals surface area contributed by atoms with E-state index in [4.69, 9.17) is 34.8 Å². The Kier molecular flexibility index (Phi) is 3.85. The van der Waals surface area contributed by atoms with Crippen LogP contribution in [0.2, 0.25) is 15.1 Å². The van der Waals surface area contributed by atoms with E-state index in [0.717, 1.165) is 0 Å². The fraction of sp³-hybridized carbons (Fsp3) is 0.125. The zero-order valence-corrected chi connectivity index (χ0v) is 8.67. The zero-order chi connectivity index (χ0) is 9.84. The van der Waals surface area contributed by atoms with Gasteiger partial charge in [0.05, 0.1) is 15.1 Å². The van der Waals surface area contributed by atoms with E-state index in [1.54, 1.807) is 18.5 Å². The highest BCUT2D eigenvalue weighted by molar-refractivity contribution is 6.48. The molecular weight excluding hydrogens is 232 g/mol. The van der Waals surface area contributed by atoms with Gasteiger partial charge in [-0.15, -0.1) is 0 Å². The molecule has 1 aromatic rings. The number of hydrogen-bond acceptors (Lipinski definition) is 1. The molecule has 0 aliphatic rings. The predicted molar refractivity (Wildman–Crippen MR) is 54.0 cm³/mol. The van der Waals surface area contributed by atoms with Gasteiger partial charge in [-0.2, -0.15) is 0 Å². The lowest BCUT2D eigenvalue weighted by molar-refractivity contribution is 0.542. The molecular formula is C8H5Cl3NO. The minimum atomic E-state index is 0.291. The fourth-order valence-corrected chi connectivity index (χ4v) is 1.46. The van der Waals surface area contributed by atoms with Crippen molar-refractivity contribution in [1.29, 1.82) is 0 Å². The molecule has 1 radical (unpaired) electrons. The van der Waals surface area contributed by atoms with E-state index in [2.05, 4.69) is 5.32 Å². The topological polar surface area (TPSA) is 29.1 Å². The molecule has 0 unspecified atom stereocenters. The first-order valence-electron chi connectivity index (χ1n) is 3.39. The number of hydrogen-bond donors (Lipinski definition) is 1. The first-order chi connectivity index (χ1) is 6.16. The summed E-state index contributed by atoms with van der Waals surface area (Å²) in [6.45, 7) is 0.291. The van der Waals surface area contributed by atoms with Crippen LogP contribution in [0.15, 0.2) is 12.1 Å². The van der Waals surface area contributed by atoms with Crippen molar-refractivity contribution in [2.45, 2.75) is 6.54 Å². The Morgan fingerprint density at radius 1 is 1.23 bits per heavy atom. The van der Waals surface area contributed by atoms with Crippen LogP contribution in [0.25, 0.3) is 0 Å². The molecule has 0 aliphatic heterocycles. The van der Waals surface area contributed by atoms with E-state index in [1.165, 1.54) is 0 Å². The van der Waals surface area contributed by atoms with E-state index < -0.39 is 0 Å². The van der Waals surface area contributed by atoms with Gasteiger partial charge in [-0.05, 0) is 11.6 Å². The number of benzene rings is 1. The maximum Gasteiger partial charge on any atom is 0.309 e. The summed E-state index contributed by atoms with van der Waals surface area (Å²) >= 11 is 17.3. The third kappa shape index (κ3) is 2.50. The van der Waals surface area contributed by atoms with Crippen molar-refractivity contribution in [2.24, 2.45) is 0 Å². The van der Waals surface area contributed by atoms with Crippen LogP contribution >= 0.6 is 34.8 Å². The highest BCUT2D eigenvalue weighted by Gasteiger charge is 2.07. The zero-order valence-electron chi connectivity index (χ0n) is 6.40. The number of halogens is 3. The quantitative estimate of drug-likeness (QED) is 0.636. The van der Waals surface area contributed by atoms with Crippen molar-refractivity contribution in [3.63, 3.8) is 0 Å². The Morgan fingerprint density at radius 3 is 2.54 bits per heavy atom. The average Bonchev–Trinajstić information content (AvgIpc) is 2.13. The molecule has 0 aliphatic carbocycles. The van der Waals surface area contributed by atoms with Gasteiger partial charge in [0.15, 0.2) is 0 Å². The van der Waals surface area contributed by atoms with Crippen LogP contribution in [-0.2, 0) is 11.3 Å². The molecule has 0 heterocycles. The molecule has 1 N–H and O–H groups in total.